The van der Waals surface area contributed by atoms with Gasteiger partial charge in [-0.15, -0.1) is 11.3 Å². The number of aromatic nitrogens is 2. The van der Waals surface area contributed by atoms with Crippen molar-refractivity contribution in [1.29, 1.82) is 0 Å². The van der Waals surface area contributed by atoms with Gasteiger partial charge >= 0.3 is 0 Å². The highest BCUT2D eigenvalue weighted by atomic mass is 32.1. The zero-order valence-electron chi connectivity index (χ0n) is 15.4. The fourth-order valence-corrected chi connectivity index (χ4v) is 4.42. The van der Waals surface area contributed by atoms with Gasteiger partial charge in [0.05, 0.1) is 5.69 Å². The monoisotopic (exact) mass is 389 g/mol. The van der Waals surface area contributed by atoms with E-state index in [0.29, 0.717) is 11.6 Å². The van der Waals surface area contributed by atoms with Gasteiger partial charge in [-0.05, 0) is 49.9 Å². The summed E-state index contributed by atoms with van der Waals surface area (Å²) in [5, 5.41) is 7.29. The molecule has 0 radical (unpaired) electrons. The molecule has 1 unspecified atom stereocenters. The minimum Gasteiger partial charge on any atom is -0.356 e. The largest absolute Gasteiger partial charge is 0.356 e. The molecule has 4 nitrogen and oxygen atoms in total. The topological polar surface area (TPSA) is 39.1 Å². The number of nitrogens with one attached hydrogen (secondary N) is 1. The van der Waals surface area contributed by atoms with Crippen LogP contribution in [0.3, 0.4) is 0 Å². The molecule has 1 aliphatic carbocycles. The molecule has 0 bridgehead atoms. The van der Waals surface area contributed by atoms with Gasteiger partial charge in [-0.1, -0.05) is 6.07 Å². The summed E-state index contributed by atoms with van der Waals surface area (Å²) in [6, 6.07) is 7.88. The number of aryl methyl sites for hydroxylation is 2. The van der Waals surface area contributed by atoms with Gasteiger partial charge in [-0.2, -0.15) is 5.10 Å². The van der Waals surface area contributed by atoms with Crippen molar-refractivity contribution < 1.29 is 13.5 Å². The summed E-state index contributed by atoms with van der Waals surface area (Å²) >= 11 is 1.83. The number of nitrogens with zero attached hydrogens (tertiary/aromatic N) is 2. The van der Waals surface area contributed by atoms with Crippen molar-refractivity contribution in [3.05, 3.63) is 57.4 Å². The predicted molar refractivity (Wildman–Crippen MR) is 103 cm³/mol. The molecule has 2 heterocycles. The average Bonchev–Trinajstić information content (AvgIpc) is 3.32. The van der Waals surface area contributed by atoms with Crippen molar-refractivity contribution in [2.75, 3.05) is 12.4 Å². The number of rotatable bonds is 6. The number of methoxy groups -OCH3 is 1. The molecule has 0 spiro atoms. The Balaban J connectivity index is 1.65. The van der Waals surface area contributed by atoms with E-state index in [9.17, 15) is 8.78 Å². The number of para-hydroxylation sites is 1. The van der Waals surface area contributed by atoms with E-state index in [4.69, 9.17) is 4.74 Å². The second-order valence-corrected chi connectivity index (χ2v) is 8.12. The molecular formula is C20H21F2N3OS. The third-order valence-electron chi connectivity index (χ3n) is 4.83. The van der Waals surface area contributed by atoms with Crippen LogP contribution in [0, 0.1) is 18.6 Å². The number of thiophene rings is 1. The molecule has 1 aromatic carbocycles. The SMILES string of the molecule is COC(Nc1c(F)cccc1F)c1cc(-c2cc(C3CC3)sc2C)n(C)n1. The summed E-state index contributed by atoms with van der Waals surface area (Å²) in [6.45, 7) is 2.11. The van der Waals surface area contributed by atoms with E-state index >= 15 is 0 Å². The van der Waals surface area contributed by atoms with Crippen molar-refractivity contribution in [2.24, 2.45) is 7.05 Å². The Kier molecular flexibility index (Phi) is 4.74. The Morgan fingerprint density at radius 1 is 1.26 bits per heavy atom. The summed E-state index contributed by atoms with van der Waals surface area (Å²) in [5.41, 5.74) is 2.45. The van der Waals surface area contributed by atoms with Gasteiger partial charge in [-0.3, -0.25) is 4.68 Å². The molecule has 7 heteroatoms. The lowest BCUT2D eigenvalue weighted by Gasteiger charge is -2.17. The number of benzene rings is 1. The van der Waals surface area contributed by atoms with Crippen molar-refractivity contribution in [3.8, 4) is 11.3 Å². The minimum absolute atomic E-state index is 0.223. The maximum atomic E-state index is 14.0. The van der Waals surface area contributed by atoms with Gasteiger partial charge in [-0.25, -0.2) is 8.78 Å². The van der Waals surface area contributed by atoms with Crippen LogP contribution in [-0.2, 0) is 11.8 Å². The van der Waals surface area contributed by atoms with E-state index in [2.05, 4.69) is 23.4 Å². The van der Waals surface area contributed by atoms with Crippen LogP contribution in [0.15, 0.2) is 30.3 Å². The van der Waals surface area contributed by atoms with E-state index in [1.165, 1.54) is 47.9 Å². The Morgan fingerprint density at radius 3 is 2.59 bits per heavy atom. The summed E-state index contributed by atoms with van der Waals surface area (Å²) in [4.78, 5) is 2.66. The Labute approximate surface area is 160 Å². The lowest BCUT2D eigenvalue weighted by Crippen LogP contribution is -2.15. The molecule has 0 saturated heterocycles. The first kappa shape index (κ1) is 18.1. The lowest BCUT2D eigenvalue weighted by atomic mass is 10.1. The Bertz CT molecular complexity index is 958. The summed E-state index contributed by atoms with van der Waals surface area (Å²) in [5.74, 6) is -0.639. The van der Waals surface area contributed by atoms with E-state index in [1.54, 1.807) is 4.68 Å². The van der Waals surface area contributed by atoms with Gasteiger partial charge in [0.15, 0.2) is 6.23 Å². The number of halogens is 2. The third kappa shape index (κ3) is 3.49. The van der Waals surface area contributed by atoms with Crippen molar-refractivity contribution >= 4 is 17.0 Å². The van der Waals surface area contributed by atoms with E-state index in [0.717, 1.165) is 11.3 Å². The van der Waals surface area contributed by atoms with Gasteiger partial charge < -0.3 is 10.1 Å². The van der Waals surface area contributed by atoms with Crippen LogP contribution in [-0.4, -0.2) is 16.9 Å². The standard InChI is InChI=1S/C20H21F2N3OS/c1-11-13(9-18(27-11)12-7-8-12)17-10-16(24-25(17)2)20(26-3)23-19-14(21)5-4-6-15(19)22/h4-6,9-10,12,20,23H,7-8H2,1-3H3. The number of hydrogen-bond donors (Lipinski definition) is 1. The second kappa shape index (κ2) is 7.05. The highest BCUT2D eigenvalue weighted by molar-refractivity contribution is 7.12. The lowest BCUT2D eigenvalue weighted by molar-refractivity contribution is 0.122. The maximum Gasteiger partial charge on any atom is 0.172 e. The van der Waals surface area contributed by atoms with Crippen LogP contribution in [0.1, 0.15) is 40.4 Å². The molecule has 2 aromatic heterocycles. The Morgan fingerprint density at radius 2 is 1.96 bits per heavy atom. The molecule has 27 heavy (non-hydrogen) atoms. The van der Waals surface area contributed by atoms with Crippen LogP contribution in [0.2, 0.25) is 0 Å². The first-order valence-electron chi connectivity index (χ1n) is 8.86. The average molecular weight is 389 g/mol. The first-order chi connectivity index (χ1) is 13.0. The molecule has 0 amide bonds. The summed E-state index contributed by atoms with van der Waals surface area (Å²) in [6.07, 6.45) is 1.76. The molecular weight excluding hydrogens is 368 g/mol. The van der Waals surface area contributed by atoms with Crippen molar-refractivity contribution in [3.63, 3.8) is 0 Å². The quantitative estimate of drug-likeness (QED) is 0.576. The molecule has 4 rings (SSSR count). The van der Waals surface area contributed by atoms with Gasteiger partial charge in [0.25, 0.3) is 0 Å². The second-order valence-electron chi connectivity index (χ2n) is 6.83. The Hall–Kier alpha value is -2.25. The molecule has 1 fully saturated rings. The molecule has 1 aliphatic rings. The number of anilines is 1. The highest BCUT2D eigenvalue weighted by Gasteiger charge is 2.27. The zero-order valence-corrected chi connectivity index (χ0v) is 16.2. The fraction of sp³-hybridized carbons (Fsp3) is 0.350. The smallest absolute Gasteiger partial charge is 0.172 e. The highest BCUT2D eigenvalue weighted by Crippen LogP contribution is 2.46. The molecule has 0 aliphatic heterocycles. The van der Waals surface area contributed by atoms with E-state index < -0.39 is 17.9 Å². The van der Waals surface area contributed by atoms with Gasteiger partial charge in [0.2, 0.25) is 0 Å². The molecule has 3 aromatic rings. The minimum atomic E-state index is -0.766. The molecule has 142 valence electrons. The van der Waals surface area contributed by atoms with Crippen molar-refractivity contribution in [2.45, 2.75) is 31.9 Å². The molecule has 1 saturated carbocycles. The first-order valence-corrected chi connectivity index (χ1v) is 9.67. The van der Waals surface area contributed by atoms with Gasteiger partial charge in [0.1, 0.15) is 23.0 Å². The summed E-state index contributed by atoms with van der Waals surface area (Å²) < 4.78 is 35.1. The van der Waals surface area contributed by atoms with Crippen LogP contribution in [0.25, 0.3) is 11.3 Å². The van der Waals surface area contributed by atoms with Crippen molar-refractivity contribution in [1.82, 2.24) is 9.78 Å². The van der Waals surface area contributed by atoms with Crippen LogP contribution >= 0.6 is 11.3 Å². The normalized spacial score (nSPS) is 15.1. The van der Waals surface area contributed by atoms with E-state index in [-0.39, 0.29) is 5.69 Å². The van der Waals surface area contributed by atoms with Crippen LogP contribution in [0.5, 0.6) is 0 Å². The van der Waals surface area contributed by atoms with Gasteiger partial charge in [0, 0.05) is 29.5 Å². The third-order valence-corrected chi connectivity index (χ3v) is 6.05. The van der Waals surface area contributed by atoms with Crippen LogP contribution in [0.4, 0.5) is 14.5 Å². The maximum absolute atomic E-state index is 14.0. The number of hydrogen-bond acceptors (Lipinski definition) is 4. The summed E-state index contributed by atoms with van der Waals surface area (Å²) in [7, 11) is 3.34. The van der Waals surface area contributed by atoms with Crippen LogP contribution < -0.4 is 5.32 Å². The predicted octanol–water partition coefficient (Wildman–Crippen LogP) is 5.37. The zero-order chi connectivity index (χ0) is 19.1. The molecule has 1 atom stereocenters. The fourth-order valence-electron chi connectivity index (χ4n) is 3.22. The molecule has 1 N–H and O–H groups in total. The van der Waals surface area contributed by atoms with E-state index in [1.807, 2.05) is 24.5 Å². The number of ether oxygens (including phenoxy) is 1.